The minimum absolute atomic E-state index is 0. The summed E-state index contributed by atoms with van der Waals surface area (Å²) in [5.74, 6) is -1.09. The maximum absolute atomic E-state index is 13.7. The molecule has 1 fully saturated rings. The van der Waals surface area contributed by atoms with E-state index in [-0.39, 0.29) is 18.3 Å². The fourth-order valence-electron chi connectivity index (χ4n) is 2.17. The molecule has 1 aliphatic heterocycles. The highest BCUT2D eigenvalue weighted by atomic mass is 35.5. The molecule has 0 saturated carbocycles. The van der Waals surface area contributed by atoms with Crippen LogP contribution < -0.4 is 10.1 Å². The van der Waals surface area contributed by atoms with Gasteiger partial charge in [0.15, 0.2) is 0 Å². The van der Waals surface area contributed by atoms with Crippen molar-refractivity contribution in [2.45, 2.75) is 25.1 Å². The molecule has 1 heterocycles. The largest absolute Gasteiger partial charge is 0.573 e. The van der Waals surface area contributed by atoms with Crippen molar-refractivity contribution in [1.29, 1.82) is 0 Å². The van der Waals surface area contributed by atoms with Crippen LogP contribution in [0, 0.1) is 5.82 Å². The summed E-state index contributed by atoms with van der Waals surface area (Å²) in [4.78, 5) is 0. The lowest BCUT2D eigenvalue weighted by atomic mass is 9.90. The van der Waals surface area contributed by atoms with Crippen molar-refractivity contribution in [3.8, 4) is 5.75 Å². The topological polar surface area (TPSA) is 21.3 Å². The Hall–Kier alpha value is -1.01. The summed E-state index contributed by atoms with van der Waals surface area (Å²) >= 11 is 0. The summed E-state index contributed by atoms with van der Waals surface area (Å²) in [5, 5.41) is 3.15. The molecule has 1 saturated heterocycles. The van der Waals surface area contributed by atoms with Gasteiger partial charge in [-0.25, -0.2) is 4.39 Å². The molecular formula is C12H14ClF4NO. The van der Waals surface area contributed by atoms with Crippen LogP contribution in [0.1, 0.15) is 24.3 Å². The van der Waals surface area contributed by atoms with Gasteiger partial charge < -0.3 is 10.1 Å². The summed E-state index contributed by atoms with van der Waals surface area (Å²) < 4.78 is 53.3. The van der Waals surface area contributed by atoms with E-state index < -0.39 is 17.9 Å². The van der Waals surface area contributed by atoms with Crippen LogP contribution >= 0.6 is 12.4 Å². The second kappa shape index (κ2) is 6.43. The minimum Gasteiger partial charge on any atom is -0.406 e. The van der Waals surface area contributed by atoms with Gasteiger partial charge in [0.2, 0.25) is 0 Å². The maximum Gasteiger partial charge on any atom is 0.573 e. The van der Waals surface area contributed by atoms with Crippen LogP contribution in [0.15, 0.2) is 18.2 Å². The van der Waals surface area contributed by atoms with Crippen LogP contribution in [0.5, 0.6) is 5.75 Å². The highest BCUT2D eigenvalue weighted by molar-refractivity contribution is 5.85. The number of nitrogens with one attached hydrogen (secondary N) is 1. The summed E-state index contributed by atoms with van der Waals surface area (Å²) in [7, 11) is 0. The molecule has 0 unspecified atom stereocenters. The first-order valence-electron chi connectivity index (χ1n) is 5.71. The van der Waals surface area contributed by atoms with E-state index in [1.165, 1.54) is 6.07 Å². The number of benzene rings is 1. The first-order chi connectivity index (χ1) is 8.46. The second-order valence-corrected chi connectivity index (χ2v) is 4.26. The Labute approximate surface area is 114 Å². The second-order valence-electron chi connectivity index (χ2n) is 4.26. The fourth-order valence-corrected chi connectivity index (χ4v) is 2.17. The lowest BCUT2D eigenvalue weighted by molar-refractivity contribution is -0.274. The molecule has 1 aromatic rings. The van der Waals surface area contributed by atoms with E-state index in [2.05, 4.69) is 10.1 Å². The van der Waals surface area contributed by atoms with Crippen molar-refractivity contribution in [1.82, 2.24) is 5.32 Å². The smallest absolute Gasteiger partial charge is 0.406 e. The molecule has 0 radical (unpaired) electrons. The van der Waals surface area contributed by atoms with Crippen LogP contribution in [0.2, 0.25) is 0 Å². The molecule has 1 aliphatic rings. The van der Waals surface area contributed by atoms with Gasteiger partial charge in [-0.3, -0.25) is 0 Å². The monoisotopic (exact) mass is 299 g/mol. The number of ether oxygens (including phenoxy) is 1. The van der Waals surface area contributed by atoms with Crippen molar-refractivity contribution >= 4 is 12.4 Å². The lowest BCUT2D eigenvalue weighted by Gasteiger charge is -2.23. The van der Waals surface area contributed by atoms with E-state index in [9.17, 15) is 17.6 Å². The van der Waals surface area contributed by atoms with Crippen molar-refractivity contribution < 1.29 is 22.3 Å². The predicted molar refractivity (Wildman–Crippen MR) is 65.2 cm³/mol. The first-order valence-corrected chi connectivity index (χ1v) is 5.71. The van der Waals surface area contributed by atoms with E-state index in [1.807, 2.05) is 0 Å². The molecular weight excluding hydrogens is 286 g/mol. The van der Waals surface area contributed by atoms with Crippen LogP contribution in [0.3, 0.4) is 0 Å². The van der Waals surface area contributed by atoms with E-state index in [0.29, 0.717) is 5.56 Å². The van der Waals surface area contributed by atoms with Crippen LogP contribution in [0.25, 0.3) is 0 Å². The summed E-state index contributed by atoms with van der Waals surface area (Å²) in [6.45, 7) is 1.59. The molecule has 0 aliphatic carbocycles. The first kappa shape index (κ1) is 16.0. The molecule has 0 bridgehead atoms. The van der Waals surface area contributed by atoms with Gasteiger partial charge in [-0.1, -0.05) is 6.07 Å². The Balaban J connectivity index is 0.00000180. The number of hydrogen-bond acceptors (Lipinski definition) is 2. The Morgan fingerprint density at radius 1 is 1.16 bits per heavy atom. The van der Waals surface area contributed by atoms with Gasteiger partial charge in [-0.05, 0) is 43.5 Å². The molecule has 0 amide bonds. The molecule has 0 atom stereocenters. The average Bonchev–Trinajstić information content (AvgIpc) is 2.28. The maximum atomic E-state index is 13.7. The number of halogens is 5. The molecule has 0 aromatic heterocycles. The molecule has 7 heteroatoms. The zero-order chi connectivity index (χ0) is 13.2. The number of alkyl halides is 3. The molecule has 0 spiro atoms. The number of piperidine rings is 1. The van der Waals surface area contributed by atoms with Gasteiger partial charge in [-0.2, -0.15) is 0 Å². The van der Waals surface area contributed by atoms with Gasteiger partial charge in [0.1, 0.15) is 11.6 Å². The van der Waals surface area contributed by atoms with Crippen molar-refractivity contribution in [3.05, 3.63) is 29.6 Å². The third kappa shape index (κ3) is 4.54. The van der Waals surface area contributed by atoms with Gasteiger partial charge in [0, 0.05) is 6.07 Å². The summed E-state index contributed by atoms with van der Waals surface area (Å²) in [6.07, 6.45) is -3.21. The highest BCUT2D eigenvalue weighted by Gasteiger charge is 2.31. The quantitative estimate of drug-likeness (QED) is 0.842. The predicted octanol–water partition coefficient (Wildman–Crippen LogP) is 3.61. The zero-order valence-electron chi connectivity index (χ0n) is 9.97. The van der Waals surface area contributed by atoms with Gasteiger partial charge in [0.25, 0.3) is 0 Å². The molecule has 1 N–H and O–H groups in total. The average molecular weight is 300 g/mol. The number of rotatable bonds is 2. The lowest BCUT2D eigenvalue weighted by Crippen LogP contribution is -2.27. The molecule has 108 valence electrons. The Morgan fingerprint density at radius 2 is 1.79 bits per heavy atom. The fraction of sp³-hybridized carbons (Fsp3) is 0.500. The Bertz CT molecular complexity index is 419. The van der Waals surface area contributed by atoms with Crippen molar-refractivity contribution in [2.24, 2.45) is 0 Å². The van der Waals surface area contributed by atoms with Crippen LogP contribution in [0.4, 0.5) is 17.6 Å². The van der Waals surface area contributed by atoms with E-state index >= 15 is 0 Å². The molecule has 2 rings (SSSR count). The molecule has 1 aromatic carbocycles. The third-order valence-electron chi connectivity index (χ3n) is 2.98. The highest BCUT2D eigenvalue weighted by Crippen LogP contribution is 2.31. The van der Waals surface area contributed by atoms with Gasteiger partial charge in [-0.15, -0.1) is 25.6 Å². The SMILES string of the molecule is Cl.Fc1cc(OC(F)(F)F)ccc1C1CCNCC1. The summed E-state index contributed by atoms with van der Waals surface area (Å²) in [5.41, 5.74) is 0.464. The summed E-state index contributed by atoms with van der Waals surface area (Å²) in [6, 6.07) is 3.34. The molecule has 2 nitrogen and oxygen atoms in total. The Kier molecular flexibility index (Phi) is 5.43. The zero-order valence-corrected chi connectivity index (χ0v) is 10.8. The van der Waals surface area contributed by atoms with E-state index in [1.54, 1.807) is 0 Å². The third-order valence-corrected chi connectivity index (χ3v) is 2.98. The van der Waals surface area contributed by atoms with Crippen molar-refractivity contribution in [3.63, 3.8) is 0 Å². The minimum atomic E-state index is -4.79. The number of hydrogen-bond donors (Lipinski definition) is 1. The van der Waals surface area contributed by atoms with Crippen LogP contribution in [-0.2, 0) is 0 Å². The van der Waals surface area contributed by atoms with Crippen molar-refractivity contribution in [2.75, 3.05) is 13.1 Å². The van der Waals surface area contributed by atoms with Gasteiger partial charge >= 0.3 is 6.36 Å². The van der Waals surface area contributed by atoms with Crippen LogP contribution in [-0.4, -0.2) is 19.5 Å². The standard InChI is InChI=1S/C12H13F4NO.ClH/c13-11-7-9(18-12(14,15)16)1-2-10(11)8-3-5-17-6-4-8;/h1-2,7-8,17H,3-6H2;1H. The van der Waals surface area contributed by atoms with E-state index in [4.69, 9.17) is 0 Å². The normalized spacial score (nSPS) is 16.8. The van der Waals surface area contributed by atoms with Gasteiger partial charge in [0.05, 0.1) is 0 Å². The molecule has 19 heavy (non-hydrogen) atoms. The van der Waals surface area contributed by atoms with E-state index in [0.717, 1.165) is 38.1 Å². The Morgan fingerprint density at radius 3 is 2.32 bits per heavy atom.